The third-order valence-electron chi connectivity index (χ3n) is 5.16. The fourth-order valence-electron chi connectivity index (χ4n) is 3.63. The average Bonchev–Trinajstić information content (AvgIpc) is 3.37. The van der Waals surface area contributed by atoms with E-state index in [2.05, 4.69) is 20.9 Å². The molecule has 0 spiro atoms. The summed E-state index contributed by atoms with van der Waals surface area (Å²) in [7, 11) is 2.91. The number of aromatic nitrogens is 3. The first-order valence-electron chi connectivity index (χ1n) is 9.58. The fraction of sp³-hybridized carbons (Fsp3) is 0.350. The highest BCUT2D eigenvalue weighted by Crippen LogP contribution is 2.45. The summed E-state index contributed by atoms with van der Waals surface area (Å²) in [6, 6.07) is 3.68. The molecule has 32 heavy (non-hydrogen) atoms. The smallest absolute Gasteiger partial charge is 0.410 e. The summed E-state index contributed by atoms with van der Waals surface area (Å²) in [5.41, 5.74) is 0.493. The number of methoxy groups -OCH3 is 2. The molecular formula is C20H20F3N5O4. The third-order valence-corrected chi connectivity index (χ3v) is 5.16. The zero-order valence-electron chi connectivity index (χ0n) is 17.4. The van der Waals surface area contributed by atoms with Crippen molar-refractivity contribution in [2.24, 2.45) is 0 Å². The molecule has 0 fully saturated rings. The normalized spacial score (nSPS) is 17.9. The van der Waals surface area contributed by atoms with Crippen LogP contribution in [-0.4, -0.2) is 41.2 Å². The molecule has 1 aromatic carbocycles. The lowest BCUT2D eigenvalue weighted by Gasteiger charge is -2.34. The Morgan fingerprint density at radius 3 is 2.62 bits per heavy atom. The van der Waals surface area contributed by atoms with Gasteiger partial charge in [-0.25, -0.2) is 4.68 Å². The van der Waals surface area contributed by atoms with Crippen LogP contribution in [0.25, 0.3) is 0 Å². The molecule has 12 heteroatoms. The highest BCUT2D eigenvalue weighted by Gasteiger charge is 2.47. The number of hydrogen-bond donors (Lipinski definition) is 2. The van der Waals surface area contributed by atoms with Crippen molar-refractivity contribution in [3.8, 4) is 11.5 Å². The Morgan fingerprint density at radius 1 is 1.25 bits per heavy atom. The van der Waals surface area contributed by atoms with E-state index in [-0.39, 0.29) is 23.6 Å². The Kier molecular flexibility index (Phi) is 5.45. The molecule has 1 aliphatic heterocycles. The largest absolute Gasteiger partial charge is 0.493 e. The van der Waals surface area contributed by atoms with Gasteiger partial charge in [0, 0.05) is 12.5 Å². The molecule has 2 aromatic heterocycles. The fourth-order valence-corrected chi connectivity index (χ4v) is 3.63. The minimum absolute atomic E-state index is 0.0453. The van der Waals surface area contributed by atoms with Crippen molar-refractivity contribution in [2.75, 3.05) is 24.9 Å². The predicted molar refractivity (Wildman–Crippen MR) is 107 cm³/mol. The molecule has 4 rings (SSSR count). The Labute approximate surface area is 180 Å². The quantitative estimate of drug-likeness (QED) is 0.602. The van der Waals surface area contributed by atoms with Gasteiger partial charge in [-0.3, -0.25) is 4.79 Å². The highest BCUT2D eigenvalue weighted by atomic mass is 19.4. The van der Waals surface area contributed by atoms with Crippen LogP contribution in [0.15, 0.2) is 35.0 Å². The molecule has 3 heterocycles. The molecule has 0 saturated heterocycles. The van der Waals surface area contributed by atoms with Gasteiger partial charge in [0.25, 0.3) is 5.91 Å². The number of benzene rings is 1. The van der Waals surface area contributed by atoms with Gasteiger partial charge in [-0.15, -0.1) is 0 Å². The van der Waals surface area contributed by atoms with Crippen LogP contribution >= 0.6 is 0 Å². The molecule has 2 atom stereocenters. The summed E-state index contributed by atoms with van der Waals surface area (Å²) in [4.78, 5) is 12.7. The third kappa shape index (κ3) is 3.95. The Hall–Kier alpha value is -3.70. The molecule has 1 amide bonds. The van der Waals surface area contributed by atoms with E-state index in [0.717, 1.165) is 10.9 Å². The van der Waals surface area contributed by atoms with Crippen molar-refractivity contribution in [2.45, 2.75) is 31.6 Å². The predicted octanol–water partition coefficient (Wildman–Crippen LogP) is 4.11. The number of nitrogens with one attached hydrogen (secondary N) is 2. The number of halogens is 3. The van der Waals surface area contributed by atoms with E-state index in [4.69, 9.17) is 14.0 Å². The molecule has 0 bridgehead atoms. The van der Waals surface area contributed by atoms with Gasteiger partial charge in [-0.2, -0.15) is 18.3 Å². The van der Waals surface area contributed by atoms with E-state index >= 15 is 0 Å². The van der Waals surface area contributed by atoms with Crippen LogP contribution in [0.2, 0.25) is 0 Å². The highest BCUT2D eigenvalue weighted by molar-refractivity contribution is 6.07. The van der Waals surface area contributed by atoms with E-state index in [0.29, 0.717) is 22.8 Å². The van der Waals surface area contributed by atoms with E-state index in [1.165, 1.54) is 20.3 Å². The monoisotopic (exact) mass is 451 g/mol. The second-order valence-corrected chi connectivity index (χ2v) is 7.23. The number of aryl methyl sites for hydroxylation is 1. The maximum absolute atomic E-state index is 13.9. The van der Waals surface area contributed by atoms with Crippen molar-refractivity contribution >= 4 is 17.5 Å². The number of fused-ring (bicyclic) bond motifs is 1. The SMILES string of the molecule is COc1ccc([C@H]2C[C@@H](C(F)(F)F)n3ncc(C(=O)Nc4cc(C)on4)c3N2)cc1OC. The first-order valence-corrected chi connectivity index (χ1v) is 9.58. The number of carbonyl (C=O) groups is 1. The van der Waals surface area contributed by atoms with Crippen LogP contribution in [0.1, 0.15) is 40.2 Å². The van der Waals surface area contributed by atoms with Crippen molar-refractivity contribution in [3.63, 3.8) is 0 Å². The molecular weight excluding hydrogens is 431 g/mol. The molecule has 9 nitrogen and oxygen atoms in total. The number of alkyl halides is 3. The average molecular weight is 451 g/mol. The topological polar surface area (TPSA) is 103 Å². The Balaban J connectivity index is 1.70. The summed E-state index contributed by atoms with van der Waals surface area (Å²) >= 11 is 0. The summed E-state index contributed by atoms with van der Waals surface area (Å²) in [6.45, 7) is 1.65. The lowest BCUT2D eigenvalue weighted by atomic mass is 9.96. The molecule has 0 unspecified atom stereocenters. The molecule has 2 N–H and O–H groups in total. The van der Waals surface area contributed by atoms with Crippen molar-refractivity contribution in [1.29, 1.82) is 0 Å². The first-order chi connectivity index (χ1) is 15.2. The number of rotatable bonds is 5. The number of carbonyl (C=O) groups excluding carboxylic acids is 1. The maximum atomic E-state index is 13.9. The zero-order valence-corrected chi connectivity index (χ0v) is 17.4. The number of anilines is 2. The summed E-state index contributed by atoms with van der Waals surface area (Å²) in [6.07, 6.45) is -3.80. The standard InChI is InChI=1S/C20H20F3N5O4/c1-10-6-17(27-32-10)26-19(29)12-9-24-28-16(20(21,22)23)8-13(25-18(12)28)11-4-5-14(30-2)15(7-11)31-3/h4-7,9,13,16,25H,8H2,1-3H3,(H,26,27,29)/t13-,16+/m1/s1. The number of ether oxygens (including phenoxy) is 2. The Bertz CT molecular complexity index is 1140. The van der Waals surface area contributed by atoms with Gasteiger partial charge in [-0.1, -0.05) is 11.2 Å². The van der Waals surface area contributed by atoms with Crippen molar-refractivity contribution in [3.05, 3.63) is 47.3 Å². The Morgan fingerprint density at radius 2 is 2.00 bits per heavy atom. The number of amides is 1. The van der Waals surface area contributed by atoms with Crippen LogP contribution in [0, 0.1) is 6.92 Å². The van der Waals surface area contributed by atoms with Gasteiger partial charge in [0.1, 0.15) is 17.1 Å². The molecule has 0 radical (unpaired) electrons. The van der Waals surface area contributed by atoms with Gasteiger partial charge < -0.3 is 24.6 Å². The number of hydrogen-bond acceptors (Lipinski definition) is 7. The summed E-state index contributed by atoms with van der Waals surface area (Å²) in [5, 5.41) is 13.0. The van der Waals surface area contributed by atoms with Gasteiger partial charge in [0.2, 0.25) is 0 Å². The molecule has 170 valence electrons. The molecule has 3 aromatic rings. The van der Waals surface area contributed by atoms with Gasteiger partial charge in [-0.05, 0) is 24.6 Å². The van der Waals surface area contributed by atoms with Crippen LogP contribution in [-0.2, 0) is 0 Å². The minimum atomic E-state index is -4.57. The molecule has 1 aliphatic rings. The van der Waals surface area contributed by atoms with Crippen molar-refractivity contribution < 1.29 is 32.0 Å². The molecule has 0 aliphatic carbocycles. The lowest BCUT2D eigenvalue weighted by Crippen LogP contribution is -2.36. The van der Waals surface area contributed by atoms with Crippen molar-refractivity contribution in [1.82, 2.24) is 14.9 Å². The van der Waals surface area contributed by atoms with Crippen LogP contribution in [0.5, 0.6) is 11.5 Å². The summed E-state index contributed by atoms with van der Waals surface area (Å²) < 4.78 is 57.8. The van der Waals surface area contributed by atoms with E-state index < -0.39 is 24.2 Å². The van der Waals surface area contributed by atoms with Gasteiger partial charge >= 0.3 is 6.18 Å². The number of nitrogens with zero attached hydrogens (tertiary/aromatic N) is 3. The second-order valence-electron chi connectivity index (χ2n) is 7.23. The van der Waals surface area contributed by atoms with Crippen LogP contribution < -0.4 is 20.1 Å². The first kappa shape index (κ1) is 21.5. The summed E-state index contributed by atoms with van der Waals surface area (Å²) in [5.74, 6) is 0.742. The maximum Gasteiger partial charge on any atom is 0.410 e. The van der Waals surface area contributed by atoms with Crippen LogP contribution in [0.3, 0.4) is 0 Å². The van der Waals surface area contributed by atoms with E-state index in [9.17, 15) is 18.0 Å². The lowest BCUT2D eigenvalue weighted by molar-refractivity contribution is -0.173. The van der Waals surface area contributed by atoms with E-state index in [1.54, 1.807) is 25.1 Å². The van der Waals surface area contributed by atoms with Gasteiger partial charge in [0.15, 0.2) is 23.4 Å². The molecule has 0 saturated carbocycles. The van der Waals surface area contributed by atoms with Gasteiger partial charge in [0.05, 0.1) is 26.5 Å². The second kappa shape index (κ2) is 8.09. The van der Waals surface area contributed by atoms with Crippen LogP contribution in [0.4, 0.5) is 24.8 Å². The van der Waals surface area contributed by atoms with E-state index in [1.807, 2.05) is 0 Å². The zero-order chi connectivity index (χ0) is 23.0. The minimum Gasteiger partial charge on any atom is -0.493 e.